The van der Waals surface area contributed by atoms with Crippen molar-refractivity contribution >= 4 is 47.4 Å². The third-order valence-corrected chi connectivity index (χ3v) is 6.41. The van der Waals surface area contributed by atoms with Crippen LogP contribution in [-0.2, 0) is 4.79 Å². The van der Waals surface area contributed by atoms with Crippen LogP contribution in [0.4, 0.5) is 21.9 Å². The van der Waals surface area contributed by atoms with Gasteiger partial charge in [-0.05, 0) is 37.4 Å². The largest absolute Gasteiger partial charge is 0.507 e. The zero-order valence-corrected chi connectivity index (χ0v) is 21.5. The number of benzene rings is 1. The summed E-state index contributed by atoms with van der Waals surface area (Å²) in [7, 11) is 1.98. The molecule has 0 spiro atoms. The van der Waals surface area contributed by atoms with Crippen molar-refractivity contribution in [3.05, 3.63) is 75.5 Å². The molecule has 0 saturated carbocycles. The molecule has 2 N–H and O–H groups in total. The van der Waals surface area contributed by atoms with Crippen molar-refractivity contribution in [1.82, 2.24) is 19.9 Å². The smallest absolute Gasteiger partial charge is 0.433 e. The first-order chi connectivity index (χ1) is 18.9. The summed E-state index contributed by atoms with van der Waals surface area (Å²) >= 11 is 1.52. The number of nitro groups is 1. The molecule has 0 unspecified atom stereocenters. The number of phenolic OH excluding ortho intramolecular Hbond substituents is 1. The molecule has 4 aromatic rings. The van der Waals surface area contributed by atoms with Crippen molar-refractivity contribution in [3.63, 3.8) is 0 Å². The van der Waals surface area contributed by atoms with E-state index in [1.807, 2.05) is 24.6 Å². The molecule has 14 heteroatoms. The fraction of sp³-hybridized carbons (Fsp3) is 0.200. The Bertz CT molecular complexity index is 1450. The normalized spacial score (nSPS) is 13.6. The highest BCUT2D eigenvalue weighted by Crippen LogP contribution is 2.29. The molecular weight excluding hydrogens is 529 g/mol. The standard InChI is InChI=1S/C16H17FN6O4.C9H7NOS/c1-21-6-8-22(9-7-21)16-14(17)15(18-10-24)19-12(20-16)4-2-11-3-5-13(27-11)23(25)26;11-8-4-2-1-3-7(8)9-10-5-6-12-9/h2-5,10H,6-9H2,1H3,(H,18,19,20,24);1-6,11H/b4-2+;. The lowest BCUT2D eigenvalue weighted by Crippen LogP contribution is -2.45. The van der Waals surface area contributed by atoms with E-state index in [0.29, 0.717) is 19.5 Å². The summed E-state index contributed by atoms with van der Waals surface area (Å²) in [6, 6.07) is 9.85. The summed E-state index contributed by atoms with van der Waals surface area (Å²) in [6.45, 7) is 2.67. The summed E-state index contributed by atoms with van der Waals surface area (Å²) in [5.41, 5.74) is 0.799. The second-order valence-electron chi connectivity index (χ2n) is 8.24. The highest BCUT2D eigenvalue weighted by molar-refractivity contribution is 7.13. The molecule has 12 nitrogen and oxygen atoms in total. The predicted molar refractivity (Wildman–Crippen MR) is 145 cm³/mol. The number of piperazine rings is 1. The Labute approximate surface area is 226 Å². The third-order valence-electron chi connectivity index (χ3n) is 5.61. The number of halogens is 1. The maximum Gasteiger partial charge on any atom is 0.433 e. The number of likely N-dealkylation sites (N-methyl/N-ethyl adjacent to an activating group) is 1. The van der Waals surface area contributed by atoms with Gasteiger partial charge < -0.3 is 24.6 Å². The summed E-state index contributed by atoms with van der Waals surface area (Å²) in [4.78, 5) is 37.0. The van der Waals surface area contributed by atoms with Crippen LogP contribution in [-0.4, -0.2) is 69.5 Å². The SMILES string of the molecule is CN1CCN(c2nc(/C=C/c3ccc([N+](=O)[O-])o3)nc(NC=O)c2F)CC1.Oc1ccccc1-c1nccs1. The molecule has 0 bridgehead atoms. The number of thiazole rings is 1. The molecule has 1 fully saturated rings. The van der Waals surface area contributed by atoms with Gasteiger partial charge in [0.1, 0.15) is 21.4 Å². The minimum Gasteiger partial charge on any atom is -0.507 e. The fourth-order valence-electron chi connectivity index (χ4n) is 3.60. The van der Waals surface area contributed by atoms with Crippen molar-refractivity contribution in [2.24, 2.45) is 0 Å². The zero-order valence-electron chi connectivity index (χ0n) is 20.7. The minimum atomic E-state index is -0.711. The van der Waals surface area contributed by atoms with Crippen LogP contribution >= 0.6 is 11.3 Å². The number of hydrogen-bond donors (Lipinski definition) is 2. The van der Waals surface area contributed by atoms with E-state index in [9.17, 15) is 24.4 Å². The number of para-hydroxylation sites is 1. The number of phenols is 1. The van der Waals surface area contributed by atoms with Crippen LogP contribution in [0.2, 0.25) is 0 Å². The van der Waals surface area contributed by atoms with Gasteiger partial charge in [-0.15, -0.1) is 11.3 Å². The Morgan fingerprint density at radius 3 is 2.56 bits per heavy atom. The minimum absolute atomic E-state index is 0.0903. The van der Waals surface area contributed by atoms with Crippen LogP contribution in [0.1, 0.15) is 11.6 Å². The highest BCUT2D eigenvalue weighted by Gasteiger charge is 2.22. The summed E-state index contributed by atoms with van der Waals surface area (Å²) in [5, 5.41) is 25.1. The van der Waals surface area contributed by atoms with E-state index < -0.39 is 16.6 Å². The number of rotatable bonds is 7. The van der Waals surface area contributed by atoms with E-state index in [0.717, 1.165) is 23.7 Å². The lowest BCUT2D eigenvalue weighted by Gasteiger charge is -2.33. The quantitative estimate of drug-likeness (QED) is 0.194. The maximum absolute atomic E-state index is 14.7. The van der Waals surface area contributed by atoms with Gasteiger partial charge in [0.05, 0.1) is 11.6 Å². The van der Waals surface area contributed by atoms with Gasteiger partial charge in [-0.25, -0.2) is 15.0 Å². The molecule has 3 aromatic heterocycles. The number of carbonyl (C=O) groups excluding carboxylic acids is 1. The second-order valence-corrected chi connectivity index (χ2v) is 9.14. The lowest BCUT2D eigenvalue weighted by atomic mass is 10.2. The van der Waals surface area contributed by atoms with Gasteiger partial charge in [0.2, 0.25) is 12.2 Å². The van der Waals surface area contributed by atoms with Gasteiger partial charge in [-0.2, -0.15) is 4.39 Å². The van der Waals surface area contributed by atoms with Crippen molar-refractivity contribution in [1.29, 1.82) is 0 Å². The van der Waals surface area contributed by atoms with E-state index in [1.54, 1.807) is 23.2 Å². The molecule has 4 heterocycles. The van der Waals surface area contributed by atoms with Gasteiger partial charge in [-0.3, -0.25) is 14.9 Å². The number of amides is 1. The predicted octanol–water partition coefficient (Wildman–Crippen LogP) is 4.12. The van der Waals surface area contributed by atoms with Crippen LogP contribution in [0.25, 0.3) is 22.7 Å². The van der Waals surface area contributed by atoms with Crippen molar-refractivity contribution in [2.45, 2.75) is 0 Å². The Kier molecular flexibility index (Phi) is 8.91. The van der Waals surface area contributed by atoms with Crippen molar-refractivity contribution in [3.8, 4) is 16.3 Å². The van der Waals surface area contributed by atoms with E-state index in [1.165, 1.54) is 35.6 Å². The molecule has 1 aromatic carbocycles. The molecule has 1 aliphatic heterocycles. The average molecular weight is 554 g/mol. The first kappa shape index (κ1) is 27.3. The molecule has 0 radical (unpaired) electrons. The summed E-state index contributed by atoms with van der Waals surface area (Å²) in [6.07, 6.45) is 4.92. The average Bonchev–Trinajstić information content (AvgIpc) is 3.63. The number of aromatic nitrogens is 3. The number of nitrogens with one attached hydrogen (secondary N) is 1. The Hall–Kier alpha value is -4.69. The fourth-order valence-corrected chi connectivity index (χ4v) is 4.28. The molecule has 202 valence electrons. The Morgan fingerprint density at radius 2 is 1.92 bits per heavy atom. The number of furan rings is 1. The zero-order chi connectivity index (χ0) is 27.8. The highest BCUT2D eigenvalue weighted by atomic mass is 32.1. The topological polar surface area (TPSA) is 151 Å². The molecule has 0 atom stereocenters. The Balaban J connectivity index is 0.000000243. The summed E-state index contributed by atoms with van der Waals surface area (Å²) < 4.78 is 19.7. The summed E-state index contributed by atoms with van der Waals surface area (Å²) in [5.74, 6) is -0.609. The number of hydrogen-bond acceptors (Lipinski definition) is 11. The molecule has 0 aliphatic carbocycles. The lowest BCUT2D eigenvalue weighted by molar-refractivity contribution is -0.402. The first-order valence-corrected chi connectivity index (χ1v) is 12.5. The van der Waals surface area contributed by atoms with E-state index in [-0.39, 0.29) is 29.0 Å². The van der Waals surface area contributed by atoms with Crippen LogP contribution in [0.3, 0.4) is 0 Å². The molecule has 1 saturated heterocycles. The van der Waals surface area contributed by atoms with E-state index >= 15 is 0 Å². The first-order valence-electron chi connectivity index (χ1n) is 11.7. The van der Waals surface area contributed by atoms with Crippen molar-refractivity contribution < 1.29 is 23.6 Å². The molecular formula is C25H24FN7O5S. The number of nitrogens with zero attached hydrogens (tertiary/aromatic N) is 6. The number of carbonyl (C=O) groups is 1. The van der Waals surface area contributed by atoms with Crippen molar-refractivity contribution in [2.75, 3.05) is 43.4 Å². The third kappa shape index (κ3) is 7.00. The molecule has 1 amide bonds. The van der Waals surface area contributed by atoms with Gasteiger partial charge >= 0.3 is 5.88 Å². The van der Waals surface area contributed by atoms with Crippen LogP contribution in [0, 0.1) is 15.9 Å². The van der Waals surface area contributed by atoms with Gasteiger partial charge in [0.25, 0.3) is 0 Å². The molecule has 1 aliphatic rings. The van der Waals surface area contributed by atoms with Gasteiger partial charge in [0.15, 0.2) is 17.5 Å². The van der Waals surface area contributed by atoms with Gasteiger partial charge in [-0.1, -0.05) is 12.1 Å². The molecule has 5 rings (SSSR count). The van der Waals surface area contributed by atoms with E-state index in [4.69, 9.17) is 4.42 Å². The Morgan fingerprint density at radius 1 is 1.15 bits per heavy atom. The van der Waals surface area contributed by atoms with Crippen LogP contribution in [0.15, 0.2) is 52.4 Å². The van der Waals surface area contributed by atoms with Gasteiger partial charge in [0, 0.05) is 37.8 Å². The second kappa shape index (κ2) is 12.7. The maximum atomic E-state index is 14.7. The monoisotopic (exact) mass is 553 g/mol. The molecule has 39 heavy (non-hydrogen) atoms. The van der Waals surface area contributed by atoms with Crippen LogP contribution in [0.5, 0.6) is 5.75 Å². The van der Waals surface area contributed by atoms with E-state index in [2.05, 4.69) is 25.2 Å². The van der Waals surface area contributed by atoms with Crippen LogP contribution < -0.4 is 10.2 Å². The number of anilines is 2. The number of aromatic hydroxyl groups is 1.